The first-order valence-corrected chi connectivity index (χ1v) is 5.88. The van der Waals surface area contributed by atoms with Crippen LogP contribution in [0.2, 0.25) is 0 Å². The topological polar surface area (TPSA) is 35.8 Å². The van der Waals surface area contributed by atoms with Crippen molar-refractivity contribution in [2.45, 2.75) is 12.5 Å². The molecule has 1 aromatic carbocycles. The first-order chi connectivity index (χ1) is 6.88. The Labute approximate surface area is 88.3 Å². The summed E-state index contributed by atoms with van der Waals surface area (Å²) in [6.07, 6.45) is 1.22. The van der Waals surface area contributed by atoms with Crippen LogP contribution in [0.4, 0.5) is 5.69 Å². The van der Waals surface area contributed by atoms with E-state index in [1.807, 2.05) is 36.0 Å². The van der Waals surface area contributed by atoms with Crippen LogP contribution in [0.3, 0.4) is 0 Å². The Kier molecular flexibility index (Phi) is 2.95. The predicted molar refractivity (Wildman–Crippen MR) is 60.5 cm³/mol. The molecular weight excluding hydrogens is 192 g/mol. The van der Waals surface area contributed by atoms with E-state index in [9.17, 15) is 0 Å². The maximum Gasteiger partial charge on any atom is 0.0992 e. The highest BCUT2D eigenvalue weighted by Crippen LogP contribution is 2.21. The number of nitrogens with one attached hydrogen (secondary N) is 1. The monoisotopic (exact) mass is 204 g/mol. The van der Waals surface area contributed by atoms with E-state index in [4.69, 9.17) is 5.26 Å². The number of anilines is 1. The van der Waals surface area contributed by atoms with Crippen molar-refractivity contribution in [3.05, 3.63) is 29.8 Å². The van der Waals surface area contributed by atoms with Crippen molar-refractivity contribution in [1.29, 1.82) is 5.26 Å². The first kappa shape index (κ1) is 9.42. The van der Waals surface area contributed by atoms with Crippen LogP contribution in [-0.2, 0) is 0 Å². The van der Waals surface area contributed by atoms with Gasteiger partial charge in [-0.3, -0.25) is 0 Å². The van der Waals surface area contributed by atoms with Gasteiger partial charge in [0.1, 0.15) is 0 Å². The summed E-state index contributed by atoms with van der Waals surface area (Å²) in [4.78, 5) is 0. The summed E-state index contributed by atoms with van der Waals surface area (Å²) in [6, 6.07) is 10.4. The van der Waals surface area contributed by atoms with Crippen LogP contribution >= 0.6 is 11.8 Å². The first-order valence-electron chi connectivity index (χ1n) is 4.73. The molecule has 1 fully saturated rings. The minimum atomic E-state index is 0.578. The van der Waals surface area contributed by atoms with Crippen LogP contribution in [0.1, 0.15) is 12.0 Å². The molecule has 72 valence electrons. The van der Waals surface area contributed by atoms with Crippen molar-refractivity contribution in [3.8, 4) is 6.07 Å². The molecule has 0 unspecified atom stereocenters. The summed E-state index contributed by atoms with van der Waals surface area (Å²) in [7, 11) is 0. The van der Waals surface area contributed by atoms with E-state index in [1.54, 1.807) is 0 Å². The Bertz CT molecular complexity index is 351. The highest BCUT2D eigenvalue weighted by atomic mass is 32.2. The summed E-state index contributed by atoms with van der Waals surface area (Å²) < 4.78 is 0. The molecule has 3 heteroatoms. The van der Waals surface area contributed by atoms with Crippen LogP contribution in [-0.4, -0.2) is 17.5 Å². The quantitative estimate of drug-likeness (QED) is 0.804. The molecule has 1 atom stereocenters. The van der Waals surface area contributed by atoms with Crippen LogP contribution in [0.5, 0.6) is 0 Å². The van der Waals surface area contributed by atoms with Gasteiger partial charge >= 0.3 is 0 Å². The van der Waals surface area contributed by atoms with E-state index in [0.29, 0.717) is 6.04 Å². The summed E-state index contributed by atoms with van der Waals surface area (Å²) >= 11 is 1.98. The second-order valence-electron chi connectivity index (χ2n) is 3.40. The Balaban J connectivity index is 2.05. The van der Waals surface area contributed by atoms with Gasteiger partial charge in [0.05, 0.1) is 11.6 Å². The molecule has 1 heterocycles. The lowest BCUT2D eigenvalue weighted by atomic mass is 10.2. The molecule has 1 aromatic rings. The fraction of sp³-hybridized carbons (Fsp3) is 0.364. The maximum absolute atomic E-state index is 8.74. The van der Waals surface area contributed by atoms with Crippen LogP contribution in [0.15, 0.2) is 24.3 Å². The smallest absolute Gasteiger partial charge is 0.0992 e. The van der Waals surface area contributed by atoms with Gasteiger partial charge in [-0.25, -0.2) is 0 Å². The lowest BCUT2D eigenvalue weighted by Gasteiger charge is -2.12. The summed E-state index contributed by atoms with van der Waals surface area (Å²) in [5.41, 5.74) is 1.79. The van der Waals surface area contributed by atoms with Crippen molar-refractivity contribution in [2.75, 3.05) is 16.8 Å². The zero-order valence-corrected chi connectivity index (χ0v) is 8.68. The molecule has 0 amide bonds. The highest BCUT2D eigenvalue weighted by Gasteiger charge is 2.14. The van der Waals surface area contributed by atoms with Gasteiger partial charge in [-0.15, -0.1) is 0 Å². The lowest BCUT2D eigenvalue weighted by Crippen LogP contribution is -2.17. The number of nitriles is 1. The van der Waals surface area contributed by atoms with Gasteiger partial charge in [-0.05, 0) is 30.4 Å². The van der Waals surface area contributed by atoms with E-state index in [2.05, 4.69) is 11.4 Å². The van der Waals surface area contributed by atoms with Crippen molar-refractivity contribution in [3.63, 3.8) is 0 Å². The Morgan fingerprint density at radius 1 is 1.50 bits per heavy atom. The van der Waals surface area contributed by atoms with Crippen molar-refractivity contribution < 1.29 is 0 Å². The van der Waals surface area contributed by atoms with Gasteiger partial charge in [0.25, 0.3) is 0 Å². The molecule has 2 nitrogen and oxygen atoms in total. The number of nitrogens with zero attached hydrogens (tertiary/aromatic N) is 1. The fourth-order valence-electron chi connectivity index (χ4n) is 1.56. The Morgan fingerprint density at radius 2 is 2.43 bits per heavy atom. The molecule has 1 aliphatic rings. The normalized spacial score (nSPS) is 20.4. The molecule has 0 bridgehead atoms. The predicted octanol–water partition coefficient (Wildman–Crippen LogP) is 2.48. The summed E-state index contributed by atoms with van der Waals surface area (Å²) in [6.45, 7) is 0. The zero-order chi connectivity index (χ0) is 9.80. The molecule has 0 spiro atoms. The van der Waals surface area contributed by atoms with Gasteiger partial charge in [0, 0.05) is 17.5 Å². The molecule has 1 aliphatic heterocycles. The standard InChI is InChI=1S/C11H12N2S/c12-7-9-2-1-3-10(6-9)13-11-4-5-14-8-11/h1-3,6,11,13H,4-5,8H2/t11-/m1/s1. The van der Waals surface area contributed by atoms with Gasteiger partial charge in [-0.2, -0.15) is 17.0 Å². The SMILES string of the molecule is N#Cc1cccc(N[C@@H]2CCSC2)c1. The molecule has 0 aromatic heterocycles. The average molecular weight is 204 g/mol. The van der Waals surface area contributed by atoms with Crippen LogP contribution < -0.4 is 5.32 Å². The highest BCUT2D eigenvalue weighted by molar-refractivity contribution is 7.99. The molecule has 2 rings (SSSR count). The lowest BCUT2D eigenvalue weighted by molar-refractivity contribution is 0.813. The molecule has 1 N–H and O–H groups in total. The third kappa shape index (κ3) is 2.21. The summed E-state index contributed by atoms with van der Waals surface area (Å²) in [5, 5.41) is 12.2. The Hall–Kier alpha value is -1.14. The molecule has 0 radical (unpaired) electrons. The molecule has 14 heavy (non-hydrogen) atoms. The van der Waals surface area contributed by atoms with E-state index < -0.39 is 0 Å². The van der Waals surface area contributed by atoms with Crippen molar-refractivity contribution in [1.82, 2.24) is 0 Å². The minimum Gasteiger partial charge on any atom is -0.381 e. The second kappa shape index (κ2) is 4.39. The number of rotatable bonds is 2. The Morgan fingerprint density at radius 3 is 3.14 bits per heavy atom. The van der Waals surface area contributed by atoms with E-state index >= 15 is 0 Å². The molecular formula is C11H12N2S. The van der Waals surface area contributed by atoms with Crippen LogP contribution in [0.25, 0.3) is 0 Å². The number of hydrogen-bond donors (Lipinski definition) is 1. The third-order valence-electron chi connectivity index (χ3n) is 2.29. The van der Waals surface area contributed by atoms with E-state index in [1.165, 1.54) is 17.9 Å². The number of hydrogen-bond acceptors (Lipinski definition) is 3. The van der Waals surface area contributed by atoms with Gasteiger partial charge in [-0.1, -0.05) is 6.07 Å². The zero-order valence-electron chi connectivity index (χ0n) is 7.86. The number of thioether (sulfide) groups is 1. The number of benzene rings is 1. The average Bonchev–Trinajstić information content (AvgIpc) is 2.71. The minimum absolute atomic E-state index is 0.578. The van der Waals surface area contributed by atoms with E-state index in [0.717, 1.165) is 11.3 Å². The van der Waals surface area contributed by atoms with E-state index in [-0.39, 0.29) is 0 Å². The molecule has 1 saturated heterocycles. The van der Waals surface area contributed by atoms with Crippen molar-refractivity contribution >= 4 is 17.4 Å². The van der Waals surface area contributed by atoms with Crippen LogP contribution in [0, 0.1) is 11.3 Å². The molecule has 0 saturated carbocycles. The fourth-order valence-corrected chi connectivity index (χ4v) is 2.71. The second-order valence-corrected chi connectivity index (χ2v) is 4.55. The van der Waals surface area contributed by atoms with Gasteiger partial charge in [0.15, 0.2) is 0 Å². The molecule has 0 aliphatic carbocycles. The third-order valence-corrected chi connectivity index (χ3v) is 3.45. The van der Waals surface area contributed by atoms with Crippen molar-refractivity contribution in [2.24, 2.45) is 0 Å². The van der Waals surface area contributed by atoms with Gasteiger partial charge in [0.2, 0.25) is 0 Å². The maximum atomic E-state index is 8.74. The largest absolute Gasteiger partial charge is 0.381 e. The summed E-state index contributed by atoms with van der Waals surface area (Å²) in [5.74, 6) is 2.42. The van der Waals surface area contributed by atoms with Gasteiger partial charge < -0.3 is 5.32 Å².